The third-order valence-electron chi connectivity index (χ3n) is 4.04. The zero-order valence-corrected chi connectivity index (χ0v) is 16.5. The summed E-state index contributed by atoms with van der Waals surface area (Å²) in [6.07, 6.45) is 3.36. The Bertz CT molecular complexity index is 749. The Morgan fingerprint density at radius 2 is 1.79 bits per heavy atom. The van der Waals surface area contributed by atoms with Crippen LogP contribution in [0, 0.1) is 5.92 Å². The largest absolute Gasteiger partial charge is 0.494 e. The molecule has 1 aromatic carbocycles. The van der Waals surface area contributed by atoms with Crippen LogP contribution in [-0.4, -0.2) is 48.6 Å². The van der Waals surface area contributed by atoms with Gasteiger partial charge in [0.15, 0.2) is 6.61 Å². The fraction of sp³-hybridized carbons (Fsp3) is 0.381. The molecule has 0 bridgehead atoms. The maximum atomic E-state index is 12.7. The van der Waals surface area contributed by atoms with Crippen LogP contribution in [0.3, 0.4) is 0 Å². The zero-order valence-electron chi connectivity index (χ0n) is 16.5. The summed E-state index contributed by atoms with van der Waals surface area (Å²) < 4.78 is 15.8. The summed E-state index contributed by atoms with van der Waals surface area (Å²) in [5, 5.41) is 0. The number of hydrogen-bond acceptors (Lipinski definition) is 6. The molecule has 7 nitrogen and oxygen atoms in total. The molecule has 0 saturated carbocycles. The third-order valence-corrected chi connectivity index (χ3v) is 4.04. The number of esters is 1. The van der Waals surface area contributed by atoms with Gasteiger partial charge in [0.25, 0.3) is 5.91 Å². The summed E-state index contributed by atoms with van der Waals surface area (Å²) in [7, 11) is 1.33. The van der Waals surface area contributed by atoms with Gasteiger partial charge >= 0.3 is 5.97 Å². The van der Waals surface area contributed by atoms with E-state index in [9.17, 15) is 9.59 Å². The number of aromatic nitrogens is 1. The Kier molecular flexibility index (Phi) is 8.27. The number of rotatable bonds is 10. The Morgan fingerprint density at radius 1 is 1.11 bits per heavy atom. The van der Waals surface area contributed by atoms with Gasteiger partial charge in [0.1, 0.15) is 11.5 Å². The molecule has 0 aliphatic rings. The molecule has 0 aliphatic carbocycles. The molecule has 0 N–H and O–H groups in total. The fourth-order valence-corrected chi connectivity index (χ4v) is 2.61. The lowest BCUT2D eigenvalue weighted by molar-refractivity contribution is -0.147. The average molecular weight is 386 g/mol. The Hall–Kier alpha value is -3.09. The van der Waals surface area contributed by atoms with Gasteiger partial charge in [-0.15, -0.1) is 0 Å². The smallest absolute Gasteiger partial charge is 0.310 e. The van der Waals surface area contributed by atoms with Crippen molar-refractivity contribution in [2.24, 2.45) is 5.92 Å². The molecule has 0 spiro atoms. The molecule has 28 heavy (non-hydrogen) atoms. The first-order valence-corrected chi connectivity index (χ1v) is 9.13. The van der Waals surface area contributed by atoms with Crippen LogP contribution in [0.2, 0.25) is 0 Å². The minimum Gasteiger partial charge on any atom is -0.494 e. The number of carbonyl (C=O) groups excluding carboxylic acids is 2. The van der Waals surface area contributed by atoms with Crippen LogP contribution >= 0.6 is 0 Å². The molecule has 1 amide bonds. The molecule has 2 rings (SSSR count). The van der Waals surface area contributed by atoms with Gasteiger partial charge in [0, 0.05) is 25.5 Å². The third kappa shape index (κ3) is 6.57. The molecule has 0 radical (unpaired) electrons. The number of nitrogens with zero attached hydrogens (tertiary/aromatic N) is 2. The first-order valence-electron chi connectivity index (χ1n) is 9.13. The van der Waals surface area contributed by atoms with Gasteiger partial charge in [0.05, 0.1) is 19.6 Å². The van der Waals surface area contributed by atoms with Gasteiger partial charge in [-0.05, 0) is 42.8 Å². The molecular weight excluding hydrogens is 360 g/mol. The van der Waals surface area contributed by atoms with Crippen molar-refractivity contribution in [2.45, 2.75) is 20.4 Å². The minimum atomic E-state index is -0.448. The summed E-state index contributed by atoms with van der Waals surface area (Å²) in [6.45, 7) is 4.65. The quantitative estimate of drug-likeness (QED) is 0.584. The monoisotopic (exact) mass is 386 g/mol. The molecule has 1 unspecified atom stereocenters. The Morgan fingerprint density at radius 3 is 2.36 bits per heavy atom. The average Bonchev–Trinajstić information content (AvgIpc) is 2.72. The van der Waals surface area contributed by atoms with E-state index in [4.69, 9.17) is 14.2 Å². The SMILES string of the molecule is CCOc1ccc(OCC(=O)N(Cc2cccnc2)CC(C)C(=O)OC)cc1. The lowest BCUT2D eigenvalue weighted by atomic mass is 10.1. The first-order chi connectivity index (χ1) is 13.5. The van der Waals surface area contributed by atoms with E-state index in [0.717, 1.165) is 11.3 Å². The van der Waals surface area contributed by atoms with Crippen molar-refractivity contribution in [3.8, 4) is 11.5 Å². The van der Waals surface area contributed by atoms with E-state index in [0.29, 0.717) is 18.9 Å². The molecule has 7 heteroatoms. The molecule has 0 aliphatic heterocycles. The molecule has 0 saturated heterocycles. The highest BCUT2D eigenvalue weighted by molar-refractivity contribution is 5.79. The van der Waals surface area contributed by atoms with Crippen molar-refractivity contribution in [3.05, 3.63) is 54.4 Å². The van der Waals surface area contributed by atoms with Crippen LogP contribution in [0.15, 0.2) is 48.8 Å². The Balaban J connectivity index is 2.01. The summed E-state index contributed by atoms with van der Waals surface area (Å²) in [4.78, 5) is 30.2. The normalized spacial score (nSPS) is 11.4. The second-order valence-electron chi connectivity index (χ2n) is 6.25. The lowest BCUT2D eigenvalue weighted by Crippen LogP contribution is -2.39. The van der Waals surface area contributed by atoms with Crippen molar-refractivity contribution in [1.29, 1.82) is 0 Å². The number of ether oxygens (including phenoxy) is 3. The van der Waals surface area contributed by atoms with Gasteiger partial charge in [-0.3, -0.25) is 14.6 Å². The second kappa shape index (κ2) is 10.9. The Labute approximate surface area is 165 Å². The van der Waals surface area contributed by atoms with E-state index in [-0.39, 0.29) is 25.0 Å². The van der Waals surface area contributed by atoms with Crippen molar-refractivity contribution < 1.29 is 23.8 Å². The fourth-order valence-electron chi connectivity index (χ4n) is 2.61. The number of benzene rings is 1. The van der Waals surface area contributed by atoms with E-state index in [1.165, 1.54) is 7.11 Å². The van der Waals surface area contributed by atoms with Gasteiger partial charge in [-0.2, -0.15) is 0 Å². The van der Waals surface area contributed by atoms with Crippen molar-refractivity contribution in [1.82, 2.24) is 9.88 Å². The van der Waals surface area contributed by atoms with Crippen molar-refractivity contribution >= 4 is 11.9 Å². The van der Waals surface area contributed by atoms with Crippen LogP contribution < -0.4 is 9.47 Å². The first kappa shape index (κ1) is 21.2. The highest BCUT2D eigenvalue weighted by Crippen LogP contribution is 2.18. The molecule has 150 valence electrons. The van der Waals surface area contributed by atoms with Gasteiger partial charge in [-0.1, -0.05) is 13.0 Å². The highest BCUT2D eigenvalue weighted by Gasteiger charge is 2.22. The summed E-state index contributed by atoms with van der Waals surface area (Å²) in [6, 6.07) is 10.8. The summed E-state index contributed by atoms with van der Waals surface area (Å²) >= 11 is 0. The molecule has 2 aromatic rings. The molecule has 1 heterocycles. The number of pyridine rings is 1. The van der Waals surface area contributed by atoms with Crippen LogP contribution in [0.25, 0.3) is 0 Å². The predicted octanol–water partition coefficient (Wildman–Crippen LogP) is 2.70. The van der Waals surface area contributed by atoms with Crippen LogP contribution in [0.1, 0.15) is 19.4 Å². The predicted molar refractivity (Wildman–Crippen MR) is 104 cm³/mol. The zero-order chi connectivity index (χ0) is 20.4. The van der Waals surface area contributed by atoms with Crippen molar-refractivity contribution in [3.63, 3.8) is 0 Å². The summed E-state index contributed by atoms with van der Waals surface area (Å²) in [5.74, 6) is 0.270. The number of hydrogen-bond donors (Lipinski definition) is 0. The van der Waals surface area contributed by atoms with Gasteiger partial charge < -0.3 is 19.1 Å². The van der Waals surface area contributed by atoms with E-state index in [1.807, 2.05) is 13.0 Å². The van der Waals surface area contributed by atoms with E-state index >= 15 is 0 Å². The number of methoxy groups -OCH3 is 1. The molecule has 1 atom stereocenters. The van der Waals surface area contributed by atoms with Crippen LogP contribution in [-0.2, 0) is 20.9 Å². The molecule has 1 aromatic heterocycles. The van der Waals surface area contributed by atoms with E-state index in [2.05, 4.69) is 4.98 Å². The van der Waals surface area contributed by atoms with Gasteiger partial charge in [-0.25, -0.2) is 0 Å². The number of amides is 1. The van der Waals surface area contributed by atoms with Crippen LogP contribution in [0.4, 0.5) is 0 Å². The highest BCUT2D eigenvalue weighted by atomic mass is 16.5. The minimum absolute atomic E-state index is 0.137. The summed E-state index contributed by atoms with van der Waals surface area (Å²) in [5.41, 5.74) is 0.869. The molecule has 0 fully saturated rings. The van der Waals surface area contributed by atoms with Crippen LogP contribution in [0.5, 0.6) is 11.5 Å². The number of carbonyl (C=O) groups is 2. The topological polar surface area (TPSA) is 78.0 Å². The standard InChI is InChI=1S/C21H26N2O5/c1-4-27-18-7-9-19(10-8-18)28-15-20(24)23(13-16(2)21(25)26-3)14-17-6-5-11-22-12-17/h5-12,16H,4,13-15H2,1-3H3. The van der Waals surface area contributed by atoms with E-state index in [1.54, 1.807) is 54.5 Å². The van der Waals surface area contributed by atoms with E-state index < -0.39 is 5.92 Å². The molecular formula is C21H26N2O5. The maximum absolute atomic E-state index is 12.7. The van der Waals surface area contributed by atoms with Crippen molar-refractivity contribution in [2.75, 3.05) is 26.9 Å². The lowest BCUT2D eigenvalue weighted by Gasteiger charge is -2.25. The van der Waals surface area contributed by atoms with Gasteiger partial charge in [0.2, 0.25) is 0 Å². The maximum Gasteiger partial charge on any atom is 0.310 e. The second-order valence-corrected chi connectivity index (χ2v) is 6.25.